The van der Waals surface area contributed by atoms with Crippen molar-refractivity contribution in [1.29, 1.82) is 0 Å². The van der Waals surface area contributed by atoms with Crippen molar-refractivity contribution in [2.24, 2.45) is 0 Å². The molecule has 0 aliphatic heterocycles. The largest absolute Gasteiger partial charge is 0.319 e. The van der Waals surface area contributed by atoms with Crippen molar-refractivity contribution in [3.8, 4) is 0 Å². The summed E-state index contributed by atoms with van der Waals surface area (Å²) in [5.74, 6) is -0.238. The third-order valence-electron chi connectivity index (χ3n) is 3.48. The lowest BCUT2D eigenvalue weighted by atomic mass is 10.1. The Morgan fingerprint density at radius 1 is 1.09 bits per heavy atom. The van der Waals surface area contributed by atoms with Crippen molar-refractivity contribution in [2.45, 2.75) is 13.0 Å². The summed E-state index contributed by atoms with van der Waals surface area (Å²) < 4.78 is 1.81. The summed E-state index contributed by atoms with van der Waals surface area (Å²) in [5, 5.41) is 7.51. The Balaban J connectivity index is 1.61. The van der Waals surface area contributed by atoms with Crippen LogP contribution >= 0.6 is 11.6 Å². The van der Waals surface area contributed by atoms with Crippen LogP contribution in [-0.2, 0) is 13.0 Å². The van der Waals surface area contributed by atoms with E-state index in [4.69, 9.17) is 11.6 Å². The first-order valence-electron chi connectivity index (χ1n) is 7.34. The fourth-order valence-electron chi connectivity index (χ4n) is 2.28. The SMILES string of the molecule is O=C(Nc1cnn(CCc2ccccc2)c1)c1ccccc1Cl. The van der Waals surface area contributed by atoms with E-state index in [-0.39, 0.29) is 5.91 Å². The van der Waals surface area contributed by atoms with Gasteiger partial charge in [0.1, 0.15) is 0 Å². The van der Waals surface area contributed by atoms with Gasteiger partial charge in [-0.3, -0.25) is 9.48 Å². The molecule has 3 aromatic rings. The minimum absolute atomic E-state index is 0.238. The molecule has 1 heterocycles. The second kappa shape index (κ2) is 7.11. The number of aromatic nitrogens is 2. The molecule has 0 radical (unpaired) electrons. The number of nitrogens with zero attached hydrogens (tertiary/aromatic N) is 2. The Morgan fingerprint density at radius 3 is 2.61 bits per heavy atom. The average Bonchev–Trinajstić information content (AvgIpc) is 3.02. The van der Waals surface area contributed by atoms with E-state index >= 15 is 0 Å². The molecule has 0 fully saturated rings. The van der Waals surface area contributed by atoms with E-state index in [1.807, 2.05) is 29.1 Å². The summed E-state index contributed by atoms with van der Waals surface area (Å²) in [5.41, 5.74) is 2.36. The fraction of sp³-hybridized carbons (Fsp3) is 0.111. The molecule has 4 nitrogen and oxygen atoms in total. The van der Waals surface area contributed by atoms with Crippen LogP contribution in [0.15, 0.2) is 67.0 Å². The van der Waals surface area contributed by atoms with Crippen LogP contribution in [0.4, 0.5) is 5.69 Å². The Labute approximate surface area is 139 Å². The molecule has 0 aliphatic rings. The molecular weight excluding hydrogens is 310 g/mol. The van der Waals surface area contributed by atoms with Gasteiger partial charge >= 0.3 is 0 Å². The van der Waals surface area contributed by atoms with Gasteiger partial charge in [-0.1, -0.05) is 54.1 Å². The van der Waals surface area contributed by atoms with Crippen LogP contribution in [0.3, 0.4) is 0 Å². The van der Waals surface area contributed by atoms with E-state index in [0.717, 1.165) is 13.0 Å². The highest BCUT2D eigenvalue weighted by Gasteiger charge is 2.10. The van der Waals surface area contributed by atoms with Crippen molar-refractivity contribution >= 4 is 23.2 Å². The third-order valence-corrected chi connectivity index (χ3v) is 3.81. The standard InChI is InChI=1S/C18H16ClN3O/c19-17-9-5-4-8-16(17)18(23)21-15-12-20-22(13-15)11-10-14-6-2-1-3-7-14/h1-9,12-13H,10-11H2,(H,21,23). The van der Waals surface area contributed by atoms with Gasteiger partial charge in [-0.15, -0.1) is 0 Å². The molecule has 5 heteroatoms. The number of benzene rings is 2. The number of anilines is 1. The summed E-state index contributed by atoms with van der Waals surface area (Å²) in [4.78, 5) is 12.2. The van der Waals surface area contributed by atoms with Gasteiger partial charge < -0.3 is 5.32 Å². The molecule has 0 atom stereocenters. The van der Waals surface area contributed by atoms with E-state index in [1.54, 1.807) is 30.5 Å². The topological polar surface area (TPSA) is 46.9 Å². The van der Waals surface area contributed by atoms with Crippen molar-refractivity contribution in [3.63, 3.8) is 0 Å². The molecule has 0 spiro atoms. The number of aryl methyl sites for hydroxylation is 2. The summed E-state index contributed by atoms with van der Waals surface area (Å²) in [7, 11) is 0. The minimum Gasteiger partial charge on any atom is -0.319 e. The zero-order valence-electron chi connectivity index (χ0n) is 12.4. The first-order chi connectivity index (χ1) is 11.2. The molecule has 3 rings (SSSR count). The Morgan fingerprint density at radius 2 is 1.83 bits per heavy atom. The third kappa shape index (κ3) is 3.99. The van der Waals surface area contributed by atoms with Crippen molar-refractivity contribution in [1.82, 2.24) is 9.78 Å². The predicted molar refractivity (Wildman–Crippen MR) is 91.8 cm³/mol. The molecule has 2 aromatic carbocycles. The number of amides is 1. The van der Waals surface area contributed by atoms with E-state index in [2.05, 4.69) is 22.5 Å². The summed E-state index contributed by atoms with van der Waals surface area (Å²) in [6.07, 6.45) is 4.35. The van der Waals surface area contributed by atoms with E-state index in [9.17, 15) is 4.79 Å². The number of carbonyl (C=O) groups excluding carboxylic acids is 1. The van der Waals surface area contributed by atoms with Crippen molar-refractivity contribution < 1.29 is 4.79 Å². The van der Waals surface area contributed by atoms with Crippen LogP contribution < -0.4 is 5.32 Å². The smallest absolute Gasteiger partial charge is 0.257 e. The number of nitrogens with one attached hydrogen (secondary N) is 1. The summed E-state index contributed by atoms with van der Waals surface area (Å²) >= 11 is 6.03. The minimum atomic E-state index is -0.238. The lowest BCUT2D eigenvalue weighted by Gasteiger charge is -2.04. The van der Waals surface area contributed by atoms with E-state index in [1.165, 1.54) is 5.56 Å². The normalized spacial score (nSPS) is 10.5. The highest BCUT2D eigenvalue weighted by molar-refractivity contribution is 6.34. The molecule has 1 aromatic heterocycles. The van der Waals surface area contributed by atoms with Crippen LogP contribution in [0.5, 0.6) is 0 Å². The van der Waals surface area contributed by atoms with Gasteiger partial charge in [-0.05, 0) is 24.1 Å². The lowest BCUT2D eigenvalue weighted by molar-refractivity contribution is 0.102. The van der Waals surface area contributed by atoms with Gasteiger partial charge in [0, 0.05) is 12.7 Å². The van der Waals surface area contributed by atoms with Gasteiger partial charge in [0.05, 0.1) is 22.5 Å². The Hall–Kier alpha value is -2.59. The Bertz CT molecular complexity index is 799. The number of rotatable bonds is 5. The van der Waals surface area contributed by atoms with Gasteiger partial charge in [0.2, 0.25) is 0 Å². The molecule has 0 saturated heterocycles. The van der Waals surface area contributed by atoms with Crippen LogP contribution in [0.1, 0.15) is 15.9 Å². The van der Waals surface area contributed by atoms with Crippen LogP contribution in [0, 0.1) is 0 Å². The molecule has 0 aliphatic carbocycles. The zero-order valence-corrected chi connectivity index (χ0v) is 13.2. The molecule has 1 N–H and O–H groups in total. The maximum Gasteiger partial charge on any atom is 0.257 e. The van der Waals surface area contributed by atoms with Crippen molar-refractivity contribution in [2.75, 3.05) is 5.32 Å². The van der Waals surface area contributed by atoms with Crippen LogP contribution in [0.2, 0.25) is 5.02 Å². The monoisotopic (exact) mass is 325 g/mol. The van der Waals surface area contributed by atoms with E-state index in [0.29, 0.717) is 16.3 Å². The molecule has 1 amide bonds. The van der Waals surface area contributed by atoms with Gasteiger partial charge in [-0.25, -0.2) is 0 Å². The van der Waals surface area contributed by atoms with Crippen LogP contribution in [0.25, 0.3) is 0 Å². The molecular formula is C18H16ClN3O. The molecule has 0 unspecified atom stereocenters. The maximum absolute atomic E-state index is 12.2. The number of halogens is 1. The zero-order chi connectivity index (χ0) is 16.1. The number of hydrogen-bond donors (Lipinski definition) is 1. The number of carbonyl (C=O) groups is 1. The molecule has 116 valence electrons. The average molecular weight is 326 g/mol. The molecule has 0 bridgehead atoms. The first kappa shape index (κ1) is 15.3. The van der Waals surface area contributed by atoms with Gasteiger partial charge in [0.25, 0.3) is 5.91 Å². The van der Waals surface area contributed by atoms with Gasteiger partial charge in [-0.2, -0.15) is 5.10 Å². The van der Waals surface area contributed by atoms with Crippen LogP contribution in [-0.4, -0.2) is 15.7 Å². The fourth-order valence-corrected chi connectivity index (χ4v) is 2.50. The Kier molecular flexibility index (Phi) is 4.74. The highest BCUT2D eigenvalue weighted by Crippen LogP contribution is 2.17. The second-order valence-electron chi connectivity index (χ2n) is 5.16. The molecule has 23 heavy (non-hydrogen) atoms. The van der Waals surface area contributed by atoms with E-state index < -0.39 is 0 Å². The highest BCUT2D eigenvalue weighted by atomic mass is 35.5. The second-order valence-corrected chi connectivity index (χ2v) is 5.57. The van der Waals surface area contributed by atoms with Crippen molar-refractivity contribution in [3.05, 3.63) is 83.1 Å². The number of hydrogen-bond acceptors (Lipinski definition) is 2. The molecule has 0 saturated carbocycles. The predicted octanol–water partition coefficient (Wildman–Crippen LogP) is 4.03. The summed E-state index contributed by atoms with van der Waals surface area (Å²) in [6.45, 7) is 0.756. The first-order valence-corrected chi connectivity index (χ1v) is 7.72. The maximum atomic E-state index is 12.2. The van der Waals surface area contributed by atoms with Gasteiger partial charge in [0.15, 0.2) is 0 Å². The lowest BCUT2D eigenvalue weighted by Crippen LogP contribution is -2.11. The summed E-state index contributed by atoms with van der Waals surface area (Å²) in [6, 6.07) is 17.2. The quantitative estimate of drug-likeness (QED) is 0.769.